The van der Waals surface area contributed by atoms with Gasteiger partial charge in [0.15, 0.2) is 0 Å². The lowest BCUT2D eigenvalue weighted by atomic mass is 9.70. The molecule has 0 bridgehead atoms. The molecule has 0 amide bonds. The van der Waals surface area contributed by atoms with E-state index in [9.17, 15) is 0 Å². The van der Waals surface area contributed by atoms with Gasteiger partial charge in [-0.2, -0.15) is 0 Å². The molecule has 0 radical (unpaired) electrons. The van der Waals surface area contributed by atoms with Crippen molar-refractivity contribution in [2.24, 2.45) is 0 Å². The van der Waals surface area contributed by atoms with E-state index < -0.39 is 0 Å². The van der Waals surface area contributed by atoms with Gasteiger partial charge in [-0.25, -0.2) is 0 Å². The van der Waals surface area contributed by atoms with Crippen LogP contribution in [0.15, 0.2) is 91.0 Å². The first-order valence-corrected chi connectivity index (χ1v) is 15.8. The SMILES string of the molecule is CCCCCCC1(CCCCCC)c2ccccc2-c2ccc(-c3c4ccccc4cc4ccc(C)cc34)cc21. The zero-order valence-electron chi connectivity index (χ0n) is 24.7. The van der Waals surface area contributed by atoms with Crippen LogP contribution in [0.4, 0.5) is 0 Å². The van der Waals surface area contributed by atoms with Gasteiger partial charge >= 0.3 is 0 Å². The highest BCUT2D eigenvalue weighted by Gasteiger charge is 2.42. The molecular weight excluding hydrogens is 480 g/mol. The van der Waals surface area contributed by atoms with E-state index in [2.05, 4.69) is 112 Å². The standard InChI is InChI=1S/C40H44/c1-4-6-8-14-24-40(25-15-9-7-5-2)37-19-13-12-18-34(37)35-23-22-32(28-38(35)40)39-33-17-11-10-16-30(33)27-31-21-20-29(3)26-36(31)39/h10-13,16-23,26-28H,4-9,14-15,24-25H2,1-3H3. The minimum atomic E-state index is 0.111. The first-order chi connectivity index (χ1) is 19.7. The highest BCUT2D eigenvalue weighted by molar-refractivity contribution is 6.13. The summed E-state index contributed by atoms with van der Waals surface area (Å²) in [6.07, 6.45) is 13.0. The Bertz CT molecular complexity index is 1620. The van der Waals surface area contributed by atoms with Crippen molar-refractivity contribution in [3.63, 3.8) is 0 Å². The summed E-state index contributed by atoms with van der Waals surface area (Å²) in [5.41, 5.74) is 10.3. The smallest absolute Gasteiger partial charge is 0.0215 e. The summed E-state index contributed by atoms with van der Waals surface area (Å²) < 4.78 is 0. The molecule has 0 fully saturated rings. The van der Waals surface area contributed by atoms with Gasteiger partial charge < -0.3 is 0 Å². The number of aryl methyl sites for hydroxylation is 1. The maximum Gasteiger partial charge on any atom is 0.0215 e. The Kier molecular flexibility index (Phi) is 7.79. The molecule has 6 rings (SSSR count). The van der Waals surface area contributed by atoms with Crippen molar-refractivity contribution in [2.45, 2.75) is 90.4 Å². The van der Waals surface area contributed by atoms with Crippen molar-refractivity contribution in [1.82, 2.24) is 0 Å². The van der Waals surface area contributed by atoms with E-state index in [0.717, 1.165) is 0 Å². The molecule has 0 saturated carbocycles. The minimum absolute atomic E-state index is 0.111. The van der Waals surface area contributed by atoms with Gasteiger partial charge in [-0.05, 0) is 86.8 Å². The summed E-state index contributed by atoms with van der Waals surface area (Å²) in [5.74, 6) is 0. The molecule has 0 heteroatoms. The molecule has 0 spiro atoms. The Balaban J connectivity index is 1.56. The fraction of sp³-hybridized carbons (Fsp3) is 0.350. The number of benzene rings is 5. The maximum atomic E-state index is 2.61. The molecule has 0 atom stereocenters. The second-order valence-corrected chi connectivity index (χ2v) is 12.2. The highest BCUT2D eigenvalue weighted by atomic mass is 14.4. The van der Waals surface area contributed by atoms with Crippen LogP contribution in [-0.2, 0) is 5.41 Å². The van der Waals surface area contributed by atoms with Crippen LogP contribution >= 0.6 is 0 Å². The van der Waals surface area contributed by atoms with Gasteiger partial charge in [-0.15, -0.1) is 0 Å². The van der Waals surface area contributed by atoms with Crippen LogP contribution < -0.4 is 0 Å². The number of hydrogen-bond donors (Lipinski definition) is 0. The van der Waals surface area contributed by atoms with E-state index in [0.29, 0.717) is 0 Å². The minimum Gasteiger partial charge on any atom is -0.0654 e. The van der Waals surface area contributed by atoms with Gasteiger partial charge in [0.05, 0.1) is 0 Å². The van der Waals surface area contributed by atoms with Gasteiger partial charge in [0.1, 0.15) is 0 Å². The van der Waals surface area contributed by atoms with Crippen LogP contribution in [0.25, 0.3) is 43.8 Å². The molecule has 40 heavy (non-hydrogen) atoms. The first kappa shape index (κ1) is 26.8. The number of unbranched alkanes of at least 4 members (excludes halogenated alkanes) is 6. The molecule has 5 aromatic rings. The molecule has 0 heterocycles. The van der Waals surface area contributed by atoms with Crippen LogP contribution in [-0.4, -0.2) is 0 Å². The fourth-order valence-electron chi connectivity index (χ4n) is 7.47. The Morgan fingerprint density at radius 2 is 1.20 bits per heavy atom. The third-order valence-electron chi connectivity index (χ3n) is 9.49. The molecule has 0 aromatic heterocycles. The molecule has 0 N–H and O–H groups in total. The first-order valence-electron chi connectivity index (χ1n) is 15.8. The van der Waals surface area contributed by atoms with Gasteiger partial charge in [0, 0.05) is 5.41 Å². The lowest BCUT2D eigenvalue weighted by molar-refractivity contribution is 0.401. The maximum absolute atomic E-state index is 2.61. The van der Waals surface area contributed by atoms with Gasteiger partial charge in [-0.1, -0.05) is 150 Å². The summed E-state index contributed by atoms with van der Waals surface area (Å²) in [6, 6.07) is 35.1. The second kappa shape index (κ2) is 11.6. The monoisotopic (exact) mass is 524 g/mol. The number of rotatable bonds is 11. The Morgan fingerprint density at radius 1 is 0.525 bits per heavy atom. The van der Waals surface area contributed by atoms with Crippen LogP contribution in [0.3, 0.4) is 0 Å². The Labute approximate surface area is 241 Å². The second-order valence-electron chi connectivity index (χ2n) is 12.2. The summed E-state index contributed by atoms with van der Waals surface area (Å²) in [5, 5.41) is 5.37. The Morgan fingerprint density at radius 3 is 1.98 bits per heavy atom. The van der Waals surface area contributed by atoms with Crippen LogP contribution in [0.5, 0.6) is 0 Å². The van der Waals surface area contributed by atoms with E-state index >= 15 is 0 Å². The molecule has 0 aliphatic heterocycles. The van der Waals surface area contributed by atoms with Crippen LogP contribution in [0, 0.1) is 6.92 Å². The average Bonchev–Trinajstić information content (AvgIpc) is 3.25. The zero-order chi connectivity index (χ0) is 27.5. The van der Waals surface area contributed by atoms with E-state index in [-0.39, 0.29) is 5.41 Å². The van der Waals surface area contributed by atoms with Crippen molar-refractivity contribution in [3.8, 4) is 22.3 Å². The van der Waals surface area contributed by atoms with E-state index in [1.165, 1.54) is 114 Å². The fourth-order valence-corrected chi connectivity index (χ4v) is 7.47. The lowest BCUT2D eigenvalue weighted by Crippen LogP contribution is -2.25. The molecule has 0 nitrogen and oxygen atoms in total. The highest BCUT2D eigenvalue weighted by Crippen LogP contribution is 2.55. The number of fused-ring (bicyclic) bond motifs is 5. The topological polar surface area (TPSA) is 0 Å². The van der Waals surface area contributed by atoms with Gasteiger partial charge in [0.25, 0.3) is 0 Å². The predicted molar refractivity (Wildman–Crippen MR) is 175 cm³/mol. The summed E-state index contributed by atoms with van der Waals surface area (Å²) in [4.78, 5) is 0. The molecule has 0 saturated heterocycles. The molecule has 5 aromatic carbocycles. The quantitative estimate of drug-likeness (QED) is 0.119. The van der Waals surface area contributed by atoms with Crippen LogP contribution in [0.1, 0.15) is 94.7 Å². The summed E-state index contributed by atoms with van der Waals surface area (Å²) in [7, 11) is 0. The van der Waals surface area contributed by atoms with Crippen molar-refractivity contribution in [2.75, 3.05) is 0 Å². The van der Waals surface area contributed by atoms with E-state index in [1.54, 1.807) is 11.1 Å². The van der Waals surface area contributed by atoms with Gasteiger partial charge in [-0.3, -0.25) is 0 Å². The van der Waals surface area contributed by atoms with Crippen molar-refractivity contribution in [1.29, 1.82) is 0 Å². The van der Waals surface area contributed by atoms with Crippen LogP contribution in [0.2, 0.25) is 0 Å². The zero-order valence-corrected chi connectivity index (χ0v) is 24.7. The average molecular weight is 525 g/mol. The largest absolute Gasteiger partial charge is 0.0654 e. The number of hydrogen-bond acceptors (Lipinski definition) is 0. The molecule has 1 aliphatic rings. The van der Waals surface area contributed by atoms with Crippen molar-refractivity contribution < 1.29 is 0 Å². The van der Waals surface area contributed by atoms with Crippen molar-refractivity contribution in [3.05, 3.63) is 108 Å². The van der Waals surface area contributed by atoms with Gasteiger partial charge in [0.2, 0.25) is 0 Å². The van der Waals surface area contributed by atoms with Crippen molar-refractivity contribution >= 4 is 21.5 Å². The molecule has 1 aliphatic carbocycles. The molecule has 204 valence electrons. The predicted octanol–water partition coefficient (Wildman–Crippen LogP) is 12.2. The third-order valence-corrected chi connectivity index (χ3v) is 9.49. The third kappa shape index (κ3) is 4.77. The Hall–Kier alpha value is -3.38. The summed E-state index contributed by atoms with van der Waals surface area (Å²) >= 11 is 0. The van der Waals surface area contributed by atoms with E-state index in [1.807, 2.05) is 0 Å². The summed E-state index contributed by atoms with van der Waals surface area (Å²) in [6.45, 7) is 6.86. The normalized spacial score (nSPS) is 13.6. The molecule has 0 unspecified atom stereocenters. The van der Waals surface area contributed by atoms with E-state index in [4.69, 9.17) is 0 Å². The lowest BCUT2D eigenvalue weighted by Gasteiger charge is -2.33. The molecular formula is C40H44.